The normalized spacial score (nSPS) is 20.8. The fourth-order valence-corrected chi connectivity index (χ4v) is 1.62. The van der Waals surface area contributed by atoms with Crippen LogP contribution in [-0.2, 0) is 14.4 Å². The molecule has 0 aromatic rings. The highest BCUT2D eigenvalue weighted by Gasteiger charge is 2.44. The molecule has 94 valence electrons. The number of carbonyl (C=O) groups excluding carboxylic acids is 3. The minimum Gasteiger partial charge on any atom is -0.320 e. The average Bonchev–Trinajstić information content (AvgIpc) is 2.23. The monoisotopic (exact) mass is 239 g/mol. The van der Waals surface area contributed by atoms with Crippen LogP contribution in [0.15, 0.2) is 12.7 Å². The number of nitrogens with one attached hydrogen (secondary N) is 1. The fraction of sp³-hybridized carbons (Fsp3) is 0.545. The van der Waals surface area contributed by atoms with Crippen LogP contribution >= 0.6 is 0 Å². The first kappa shape index (κ1) is 13.4. The maximum atomic E-state index is 12.0. The molecule has 0 aromatic heterocycles. The summed E-state index contributed by atoms with van der Waals surface area (Å²) in [6.07, 6.45) is 1.84. The van der Waals surface area contributed by atoms with Crippen molar-refractivity contribution in [2.45, 2.75) is 31.8 Å². The number of hydrogen-bond acceptors (Lipinski definition) is 4. The summed E-state index contributed by atoms with van der Waals surface area (Å²) in [6, 6.07) is -0.773. The van der Waals surface area contributed by atoms with Gasteiger partial charge in [-0.15, -0.1) is 6.58 Å². The fourth-order valence-electron chi connectivity index (χ4n) is 1.62. The van der Waals surface area contributed by atoms with Crippen molar-refractivity contribution in [1.82, 2.24) is 10.2 Å². The summed E-state index contributed by atoms with van der Waals surface area (Å²) in [5.74, 6) is -1.40. The lowest BCUT2D eigenvalue weighted by atomic mass is 9.97. The number of nitrogens with two attached hydrogens (primary N) is 1. The van der Waals surface area contributed by atoms with E-state index in [1.807, 2.05) is 0 Å². The van der Waals surface area contributed by atoms with Gasteiger partial charge in [-0.25, -0.2) is 0 Å². The van der Waals surface area contributed by atoms with Crippen LogP contribution in [0.4, 0.5) is 0 Å². The molecule has 1 aliphatic heterocycles. The van der Waals surface area contributed by atoms with Crippen molar-refractivity contribution in [3.63, 3.8) is 0 Å². The van der Waals surface area contributed by atoms with Crippen LogP contribution in [0, 0.1) is 0 Å². The van der Waals surface area contributed by atoms with Crippen molar-refractivity contribution >= 4 is 17.7 Å². The summed E-state index contributed by atoms with van der Waals surface area (Å²) in [4.78, 5) is 36.1. The van der Waals surface area contributed by atoms with Crippen molar-refractivity contribution in [3.05, 3.63) is 12.7 Å². The van der Waals surface area contributed by atoms with Gasteiger partial charge in [0.05, 0.1) is 6.04 Å². The lowest BCUT2D eigenvalue weighted by Crippen LogP contribution is -2.67. The van der Waals surface area contributed by atoms with E-state index in [9.17, 15) is 14.4 Å². The number of rotatable bonds is 3. The Morgan fingerprint density at radius 2 is 2.24 bits per heavy atom. The molecule has 0 aromatic carbocycles. The number of imide groups is 1. The van der Waals surface area contributed by atoms with Crippen molar-refractivity contribution in [2.24, 2.45) is 5.73 Å². The van der Waals surface area contributed by atoms with Gasteiger partial charge in [-0.3, -0.25) is 19.7 Å². The molecule has 1 aliphatic rings. The third kappa shape index (κ3) is 2.52. The molecule has 6 nitrogen and oxygen atoms in total. The standard InChI is InChI=1S/C11H17N3O3/c1-4-5-7(12)9(16)14-6-8(15)13-10(17)11(14,2)3/h4,7H,1,5-6,12H2,2-3H3,(H,13,15,17). The van der Waals surface area contributed by atoms with Crippen LogP contribution in [0.25, 0.3) is 0 Å². The quantitative estimate of drug-likeness (QED) is 0.496. The molecule has 0 radical (unpaired) electrons. The minimum atomic E-state index is -1.07. The van der Waals surface area contributed by atoms with Crippen LogP contribution in [0.3, 0.4) is 0 Å². The number of nitrogens with zero attached hydrogens (tertiary/aromatic N) is 1. The van der Waals surface area contributed by atoms with Crippen LogP contribution in [0.2, 0.25) is 0 Å². The smallest absolute Gasteiger partial charge is 0.252 e. The van der Waals surface area contributed by atoms with Crippen molar-refractivity contribution in [1.29, 1.82) is 0 Å². The Morgan fingerprint density at radius 3 is 2.76 bits per heavy atom. The molecule has 0 bridgehead atoms. The highest BCUT2D eigenvalue weighted by molar-refractivity contribution is 6.06. The molecule has 1 unspecified atom stereocenters. The molecule has 0 spiro atoms. The Morgan fingerprint density at radius 1 is 1.65 bits per heavy atom. The van der Waals surface area contributed by atoms with Gasteiger partial charge >= 0.3 is 0 Å². The van der Waals surface area contributed by atoms with E-state index in [-0.39, 0.29) is 6.54 Å². The molecule has 6 heteroatoms. The molecule has 1 atom stereocenters. The maximum Gasteiger partial charge on any atom is 0.252 e. The second kappa shape index (κ2) is 4.67. The van der Waals surface area contributed by atoms with E-state index in [4.69, 9.17) is 5.73 Å². The number of amides is 3. The first-order chi connectivity index (χ1) is 7.80. The highest BCUT2D eigenvalue weighted by atomic mass is 16.2. The Labute approximate surface area is 99.8 Å². The maximum absolute atomic E-state index is 12.0. The minimum absolute atomic E-state index is 0.150. The third-order valence-electron chi connectivity index (χ3n) is 2.79. The molecule has 1 heterocycles. The predicted octanol–water partition coefficient (Wildman–Crippen LogP) is -0.847. The summed E-state index contributed by atoms with van der Waals surface area (Å²) >= 11 is 0. The molecule has 0 aliphatic carbocycles. The third-order valence-corrected chi connectivity index (χ3v) is 2.79. The molecule has 1 rings (SSSR count). The van der Waals surface area contributed by atoms with Crippen LogP contribution in [0.1, 0.15) is 20.3 Å². The highest BCUT2D eigenvalue weighted by Crippen LogP contribution is 2.19. The summed E-state index contributed by atoms with van der Waals surface area (Å²) in [6.45, 7) is 6.50. The van der Waals surface area contributed by atoms with Gasteiger partial charge < -0.3 is 10.6 Å². The summed E-state index contributed by atoms with van der Waals surface area (Å²) in [7, 11) is 0. The molecule has 0 saturated carbocycles. The molecule has 1 fully saturated rings. The predicted molar refractivity (Wildman–Crippen MR) is 61.7 cm³/mol. The van der Waals surface area contributed by atoms with E-state index in [1.165, 1.54) is 11.0 Å². The van der Waals surface area contributed by atoms with E-state index in [2.05, 4.69) is 11.9 Å². The zero-order chi connectivity index (χ0) is 13.2. The van der Waals surface area contributed by atoms with Crippen molar-refractivity contribution < 1.29 is 14.4 Å². The Kier molecular flexibility index (Phi) is 3.67. The Balaban J connectivity index is 2.93. The Bertz CT molecular complexity index is 376. The van der Waals surface area contributed by atoms with Gasteiger partial charge in [0.1, 0.15) is 12.1 Å². The summed E-state index contributed by atoms with van der Waals surface area (Å²) in [5.41, 5.74) is 4.60. The van der Waals surface area contributed by atoms with E-state index in [0.717, 1.165) is 0 Å². The average molecular weight is 239 g/mol. The number of hydrogen-bond donors (Lipinski definition) is 2. The molecule has 3 amide bonds. The zero-order valence-corrected chi connectivity index (χ0v) is 10.0. The molecule has 1 saturated heterocycles. The van der Waals surface area contributed by atoms with E-state index < -0.39 is 29.3 Å². The summed E-state index contributed by atoms with van der Waals surface area (Å²) < 4.78 is 0. The van der Waals surface area contributed by atoms with Gasteiger partial charge in [-0.2, -0.15) is 0 Å². The first-order valence-corrected chi connectivity index (χ1v) is 5.33. The van der Waals surface area contributed by atoms with Crippen LogP contribution in [0.5, 0.6) is 0 Å². The van der Waals surface area contributed by atoms with Gasteiger partial charge in [0.25, 0.3) is 5.91 Å². The van der Waals surface area contributed by atoms with Crippen LogP contribution in [-0.4, -0.2) is 40.7 Å². The van der Waals surface area contributed by atoms with E-state index in [1.54, 1.807) is 13.8 Å². The van der Waals surface area contributed by atoms with Crippen molar-refractivity contribution in [3.8, 4) is 0 Å². The second-order valence-electron chi connectivity index (χ2n) is 4.49. The first-order valence-electron chi connectivity index (χ1n) is 5.33. The SMILES string of the molecule is C=CCC(N)C(=O)N1CC(=O)NC(=O)C1(C)C. The lowest BCUT2D eigenvalue weighted by Gasteiger charge is -2.41. The van der Waals surface area contributed by atoms with E-state index >= 15 is 0 Å². The molecule has 3 N–H and O–H groups in total. The van der Waals surface area contributed by atoms with E-state index in [0.29, 0.717) is 6.42 Å². The largest absolute Gasteiger partial charge is 0.320 e. The zero-order valence-electron chi connectivity index (χ0n) is 10.0. The van der Waals surface area contributed by atoms with Crippen LogP contribution < -0.4 is 11.1 Å². The van der Waals surface area contributed by atoms with Gasteiger partial charge in [0, 0.05) is 0 Å². The number of carbonyl (C=O) groups is 3. The topological polar surface area (TPSA) is 92.5 Å². The summed E-state index contributed by atoms with van der Waals surface area (Å²) in [5, 5.41) is 2.19. The molecular weight excluding hydrogens is 222 g/mol. The van der Waals surface area contributed by atoms with Gasteiger partial charge in [0.2, 0.25) is 11.8 Å². The van der Waals surface area contributed by atoms with Gasteiger partial charge in [-0.05, 0) is 20.3 Å². The van der Waals surface area contributed by atoms with Gasteiger partial charge in [-0.1, -0.05) is 6.08 Å². The molecular formula is C11H17N3O3. The number of piperazine rings is 1. The Hall–Kier alpha value is -1.69. The van der Waals surface area contributed by atoms with Gasteiger partial charge in [0.15, 0.2) is 0 Å². The second-order valence-corrected chi connectivity index (χ2v) is 4.49. The lowest BCUT2D eigenvalue weighted by molar-refractivity contribution is -0.156. The van der Waals surface area contributed by atoms with Crippen molar-refractivity contribution in [2.75, 3.05) is 6.54 Å². The molecule has 17 heavy (non-hydrogen) atoms.